The summed E-state index contributed by atoms with van der Waals surface area (Å²) in [5, 5.41) is 12.3. The number of carboxylic acid groups (broad SMARTS) is 1. The van der Waals surface area contributed by atoms with Gasteiger partial charge in [-0.05, 0) is 29.3 Å². The van der Waals surface area contributed by atoms with E-state index in [4.69, 9.17) is 5.11 Å². The second-order valence-electron chi connectivity index (χ2n) is 3.42. The number of H-pyrrole nitrogens is 1. The average molecular weight is 253 g/mol. The number of benzene rings is 1. The van der Waals surface area contributed by atoms with E-state index in [0.29, 0.717) is 11.2 Å². The van der Waals surface area contributed by atoms with Gasteiger partial charge in [0.25, 0.3) is 0 Å². The standard InChI is InChI=1S/C10H10N2O4S/c13-10(14)9-3-6-1-2-7(4-8(6)12-9)11-5-17(15)16/h1-4,11-12H,5H2,(H,13,14)(H,15,16)/p-1. The number of rotatable bonds is 4. The van der Waals surface area contributed by atoms with Crippen LogP contribution in [0.2, 0.25) is 0 Å². The summed E-state index contributed by atoms with van der Waals surface area (Å²) in [5.41, 5.74) is 1.36. The number of carbonyl (C=O) groups is 1. The predicted molar refractivity (Wildman–Crippen MR) is 62.7 cm³/mol. The molecule has 2 aromatic rings. The third kappa shape index (κ3) is 2.63. The first-order valence-corrected chi connectivity index (χ1v) is 5.96. The van der Waals surface area contributed by atoms with Gasteiger partial charge in [-0.1, -0.05) is 6.07 Å². The maximum absolute atomic E-state index is 10.7. The van der Waals surface area contributed by atoms with Crippen LogP contribution in [0.25, 0.3) is 10.9 Å². The van der Waals surface area contributed by atoms with Gasteiger partial charge in [-0.15, -0.1) is 0 Å². The molecular weight excluding hydrogens is 244 g/mol. The Kier molecular flexibility index (Phi) is 3.12. The van der Waals surface area contributed by atoms with Crippen LogP contribution in [0.1, 0.15) is 10.5 Å². The Labute approximate surface area is 98.9 Å². The molecule has 0 aliphatic carbocycles. The summed E-state index contributed by atoms with van der Waals surface area (Å²) in [5.74, 6) is -1.21. The average Bonchev–Trinajstić information content (AvgIpc) is 2.69. The molecule has 0 aliphatic heterocycles. The molecule has 1 heterocycles. The number of hydrogen-bond acceptors (Lipinski definition) is 4. The molecule has 17 heavy (non-hydrogen) atoms. The van der Waals surface area contributed by atoms with Crippen molar-refractivity contribution in [2.75, 3.05) is 11.2 Å². The zero-order valence-corrected chi connectivity index (χ0v) is 9.41. The second-order valence-corrected chi connectivity index (χ2v) is 4.31. The van der Waals surface area contributed by atoms with Crippen molar-refractivity contribution in [1.29, 1.82) is 0 Å². The molecule has 0 spiro atoms. The van der Waals surface area contributed by atoms with E-state index in [0.717, 1.165) is 5.39 Å². The van der Waals surface area contributed by atoms with E-state index in [1.807, 2.05) is 0 Å². The Balaban J connectivity index is 2.30. The van der Waals surface area contributed by atoms with Gasteiger partial charge in [-0.2, -0.15) is 0 Å². The highest BCUT2D eigenvalue weighted by Gasteiger charge is 2.07. The van der Waals surface area contributed by atoms with Crippen molar-refractivity contribution in [2.45, 2.75) is 0 Å². The minimum Gasteiger partial charge on any atom is -0.771 e. The zero-order chi connectivity index (χ0) is 12.4. The number of aromatic carboxylic acids is 1. The van der Waals surface area contributed by atoms with Gasteiger partial charge in [0.2, 0.25) is 0 Å². The van der Waals surface area contributed by atoms with Crippen molar-refractivity contribution in [3.05, 3.63) is 30.0 Å². The summed E-state index contributed by atoms with van der Waals surface area (Å²) in [6, 6.07) is 6.59. The number of aromatic nitrogens is 1. The van der Waals surface area contributed by atoms with Crippen LogP contribution >= 0.6 is 0 Å². The molecule has 1 aromatic heterocycles. The van der Waals surface area contributed by atoms with Crippen LogP contribution in [0, 0.1) is 0 Å². The normalized spacial score (nSPS) is 12.5. The van der Waals surface area contributed by atoms with E-state index in [1.165, 1.54) is 6.07 Å². The molecule has 1 atom stereocenters. The lowest BCUT2D eigenvalue weighted by Crippen LogP contribution is -2.06. The number of hydrogen-bond donors (Lipinski definition) is 3. The number of anilines is 1. The maximum atomic E-state index is 10.7. The first-order valence-electron chi connectivity index (χ1n) is 4.72. The van der Waals surface area contributed by atoms with Gasteiger partial charge in [-0.3, -0.25) is 4.21 Å². The molecule has 0 bridgehead atoms. The summed E-state index contributed by atoms with van der Waals surface area (Å²) < 4.78 is 20.8. The fourth-order valence-corrected chi connectivity index (χ4v) is 1.78. The number of fused-ring (bicyclic) bond motifs is 1. The molecule has 0 fully saturated rings. The predicted octanol–water partition coefficient (Wildman–Crippen LogP) is 1.11. The zero-order valence-electron chi connectivity index (χ0n) is 8.60. The van der Waals surface area contributed by atoms with Crippen molar-refractivity contribution >= 4 is 33.6 Å². The first-order chi connectivity index (χ1) is 8.06. The molecular formula is C10H9N2O4S-. The van der Waals surface area contributed by atoms with Gasteiger partial charge >= 0.3 is 5.97 Å². The molecule has 1 aromatic carbocycles. The Hall–Kier alpha value is -1.86. The lowest BCUT2D eigenvalue weighted by molar-refractivity contribution is 0.0691. The van der Waals surface area contributed by atoms with E-state index >= 15 is 0 Å². The third-order valence-electron chi connectivity index (χ3n) is 2.25. The Morgan fingerprint density at radius 3 is 2.88 bits per heavy atom. The van der Waals surface area contributed by atoms with Crippen LogP contribution in [-0.2, 0) is 11.1 Å². The maximum Gasteiger partial charge on any atom is 0.352 e. The van der Waals surface area contributed by atoms with Gasteiger partial charge in [0, 0.05) is 16.6 Å². The summed E-state index contributed by atoms with van der Waals surface area (Å²) in [6.07, 6.45) is 0. The van der Waals surface area contributed by atoms with E-state index in [-0.39, 0.29) is 11.6 Å². The first kappa shape index (κ1) is 11.6. The monoisotopic (exact) mass is 253 g/mol. The molecule has 0 radical (unpaired) electrons. The van der Waals surface area contributed by atoms with Crippen LogP contribution in [0.15, 0.2) is 24.3 Å². The van der Waals surface area contributed by atoms with Crippen molar-refractivity contribution < 1.29 is 18.7 Å². The van der Waals surface area contributed by atoms with E-state index in [2.05, 4.69) is 10.3 Å². The quantitative estimate of drug-likeness (QED) is 0.708. The van der Waals surface area contributed by atoms with Gasteiger partial charge in [0.15, 0.2) is 0 Å². The minimum atomic E-state index is -2.17. The second kappa shape index (κ2) is 4.56. The Bertz CT molecular complexity index is 593. The van der Waals surface area contributed by atoms with Crippen LogP contribution in [-0.4, -0.2) is 30.7 Å². The van der Waals surface area contributed by atoms with E-state index in [9.17, 15) is 13.6 Å². The van der Waals surface area contributed by atoms with Crippen molar-refractivity contribution in [1.82, 2.24) is 4.98 Å². The highest BCUT2D eigenvalue weighted by molar-refractivity contribution is 7.79. The van der Waals surface area contributed by atoms with Gasteiger partial charge < -0.3 is 20.0 Å². The summed E-state index contributed by atoms with van der Waals surface area (Å²) in [6.45, 7) is 0. The number of aromatic amines is 1. The number of nitrogens with one attached hydrogen (secondary N) is 2. The molecule has 90 valence electrons. The highest BCUT2D eigenvalue weighted by Crippen LogP contribution is 2.19. The molecule has 1 unspecified atom stereocenters. The fourth-order valence-electron chi connectivity index (χ4n) is 1.49. The third-order valence-corrected chi connectivity index (χ3v) is 2.63. The van der Waals surface area contributed by atoms with E-state index in [1.54, 1.807) is 18.2 Å². The fraction of sp³-hybridized carbons (Fsp3) is 0.100. The van der Waals surface area contributed by atoms with E-state index < -0.39 is 17.0 Å². The molecule has 7 heteroatoms. The van der Waals surface area contributed by atoms with Crippen LogP contribution in [0.5, 0.6) is 0 Å². The molecule has 0 saturated heterocycles. The lowest BCUT2D eigenvalue weighted by atomic mass is 10.2. The smallest absolute Gasteiger partial charge is 0.352 e. The minimum absolute atomic E-state index is 0.101. The number of carboxylic acids is 1. The SMILES string of the molecule is O=C(O)c1cc2ccc(NCS(=O)[O-])cc2[nH]1. The molecule has 0 saturated carbocycles. The van der Waals surface area contributed by atoms with Gasteiger partial charge in [0.05, 0.1) is 5.88 Å². The Morgan fingerprint density at radius 1 is 1.47 bits per heavy atom. The lowest BCUT2D eigenvalue weighted by Gasteiger charge is -2.08. The van der Waals surface area contributed by atoms with Gasteiger partial charge in [-0.25, -0.2) is 4.79 Å². The molecule has 0 aliphatic rings. The van der Waals surface area contributed by atoms with Gasteiger partial charge in [0.1, 0.15) is 5.69 Å². The summed E-state index contributed by atoms with van der Waals surface area (Å²) >= 11 is -2.17. The summed E-state index contributed by atoms with van der Waals surface area (Å²) in [4.78, 5) is 13.5. The topological polar surface area (TPSA) is 105 Å². The molecule has 2 rings (SSSR count). The highest BCUT2D eigenvalue weighted by atomic mass is 32.2. The molecule has 6 nitrogen and oxygen atoms in total. The molecule has 3 N–H and O–H groups in total. The largest absolute Gasteiger partial charge is 0.771 e. The van der Waals surface area contributed by atoms with Crippen LogP contribution < -0.4 is 5.32 Å². The van der Waals surface area contributed by atoms with Crippen molar-refractivity contribution in [2.24, 2.45) is 0 Å². The summed E-state index contributed by atoms with van der Waals surface area (Å²) in [7, 11) is 0. The molecule has 0 amide bonds. The van der Waals surface area contributed by atoms with Crippen molar-refractivity contribution in [3.63, 3.8) is 0 Å². The van der Waals surface area contributed by atoms with Crippen LogP contribution in [0.4, 0.5) is 5.69 Å². The van der Waals surface area contributed by atoms with Crippen molar-refractivity contribution in [3.8, 4) is 0 Å². The Morgan fingerprint density at radius 2 is 2.24 bits per heavy atom. The van der Waals surface area contributed by atoms with Crippen LogP contribution in [0.3, 0.4) is 0 Å².